The van der Waals surface area contributed by atoms with Gasteiger partial charge < -0.3 is 10.2 Å². The van der Waals surface area contributed by atoms with Gasteiger partial charge in [0.15, 0.2) is 0 Å². The highest BCUT2D eigenvalue weighted by atomic mass is 16.2. The van der Waals surface area contributed by atoms with Gasteiger partial charge in [0.05, 0.1) is 6.04 Å². The van der Waals surface area contributed by atoms with Gasteiger partial charge in [0.1, 0.15) is 0 Å². The second kappa shape index (κ2) is 5.33. The van der Waals surface area contributed by atoms with E-state index in [1.807, 2.05) is 23.1 Å². The van der Waals surface area contributed by atoms with E-state index in [4.69, 9.17) is 0 Å². The van der Waals surface area contributed by atoms with E-state index in [9.17, 15) is 4.79 Å². The number of pyridine rings is 1. The number of carbonyl (C=O) groups is 1. The number of aromatic nitrogens is 1. The number of rotatable bonds is 2. The van der Waals surface area contributed by atoms with Crippen LogP contribution in [0.3, 0.4) is 0 Å². The van der Waals surface area contributed by atoms with Gasteiger partial charge in [0, 0.05) is 24.6 Å². The third kappa shape index (κ3) is 2.37. The first kappa shape index (κ1) is 12.7. The van der Waals surface area contributed by atoms with Crippen LogP contribution < -0.4 is 5.32 Å². The van der Waals surface area contributed by atoms with Gasteiger partial charge in [0.25, 0.3) is 0 Å². The molecule has 2 atom stereocenters. The van der Waals surface area contributed by atoms with E-state index >= 15 is 0 Å². The maximum atomic E-state index is 12.3. The molecule has 2 amide bonds. The lowest BCUT2D eigenvalue weighted by atomic mass is 9.85. The van der Waals surface area contributed by atoms with Gasteiger partial charge in [-0.3, -0.25) is 4.98 Å². The first-order valence-electron chi connectivity index (χ1n) is 6.78. The Bertz CT molecular complexity index is 585. The Kier molecular flexibility index (Phi) is 3.37. The van der Waals surface area contributed by atoms with Crippen molar-refractivity contribution in [2.75, 3.05) is 11.9 Å². The number of nitrogens with zero attached hydrogens (tertiary/aromatic N) is 2. The molecule has 2 aromatic rings. The van der Waals surface area contributed by atoms with E-state index in [-0.39, 0.29) is 12.1 Å². The smallest absolute Gasteiger partial charge is 0.317 e. The number of hydrogen-bond donors (Lipinski definition) is 1. The highest BCUT2D eigenvalue weighted by molar-refractivity contribution is 5.90. The lowest BCUT2D eigenvalue weighted by Gasteiger charge is -2.46. The molecule has 1 aliphatic heterocycles. The van der Waals surface area contributed by atoms with Crippen LogP contribution in [0.5, 0.6) is 0 Å². The van der Waals surface area contributed by atoms with Crippen LogP contribution in [0.15, 0.2) is 54.9 Å². The molecule has 1 aromatic carbocycles. The first-order chi connectivity index (χ1) is 9.75. The standard InChI is InChI=1S/C16H17N3O/c1-12-11-19(15(12)13-5-3-2-4-6-13)16(20)18-14-7-9-17-10-8-14/h2-10,12,15H,11H2,1H3,(H,17,18,20). The molecular weight excluding hydrogens is 250 g/mol. The number of carbonyl (C=O) groups excluding carboxylic acids is 1. The average Bonchev–Trinajstić information content (AvgIpc) is 2.46. The summed E-state index contributed by atoms with van der Waals surface area (Å²) >= 11 is 0. The van der Waals surface area contributed by atoms with Gasteiger partial charge in [-0.2, -0.15) is 0 Å². The fourth-order valence-electron chi connectivity index (χ4n) is 2.69. The van der Waals surface area contributed by atoms with Crippen LogP contribution in [-0.2, 0) is 0 Å². The van der Waals surface area contributed by atoms with Crippen LogP contribution >= 0.6 is 0 Å². The Balaban J connectivity index is 1.73. The topological polar surface area (TPSA) is 45.2 Å². The minimum absolute atomic E-state index is 0.0526. The Labute approximate surface area is 118 Å². The molecule has 1 aliphatic rings. The number of benzene rings is 1. The van der Waals surface area contributed by atoms with Crippen molar-refractivity contribution in [3.63, 3.8) is 0 Å². The minimum atomic E-state index is -0.0526. The quantitative estimate of drug-likeness (QED) is 0.907. The van der Waals surface area contributed by atoms with Crippen molar-refractivity contribution in [2.24, 2.45) is 5.92 Å². The number of nitrogens with one attached hydrogen (secondary N) is 1. The Morgan fingerprint density at radius 1 is 1.20 bits per heavy atom. The molecule has 2 heterocycles. The zero-order valence-corrected chi connectivity index (χ0v) is 11.4. The molecule has 0 spiro atoms. The van der Waals surface area contributed by atoms with E-state index in [1.165, 1.54) is 5.56 Å². The summed E-state index contributed by atoms with van der Waals surface area (Å²) in [5, 5.41) is 2.91. The number of hydrogen-bond acceptors (Lipinski definition) is 2. The molecular formula is C16H17N3O. The molecule has 4 nitrogen and oxygen atoms in total. The summed E-state index contributed by atoms with van der Waals surface area (Å²) < 4.78 is 0. The lowest BCUT2D eigenvalue weighted by molar-refractivity contribution is 0.0671. The average molecular weight is 267 g/mol. The van der Waals surface area contributed by atoms with E-state index in [2.05, 4.69) is 29.4 Å². The zero-order valence-electron chi connectivity index (χ0n) is 11.4. The molecule has 1 aromatic heterocycles. The van der Waals surface area contributed by atoms with Crippen LogP contribution in [0, 0.1) is 5.92 Å². The molecule has 1 N–H and O–H groups in total. The van der Waals surface area contributed by atoms with Gasteiger partial charge >= 0.3 is 6.03 Å². The van der Waals surface area contributed by atoms with Crippen molar-refractivity contribution in [3.8, 4) is 0 Å². The lowest BCUT2D eigenvalue weighted by Crippen LogP contribution is -2.53. The fraction of sp³-hybridized carbons (Fsp3) is 0.250. The van der Waals surface area contributed by atoms with Crippen molar-refractivity contribution in [1.29, 1.82) is 0 Å². The maximum absolute atomic E-state index is 12.3. The summed E-state index contributed by atoms with van der Waals surface area (Å²) in [7, 11) is 0. The monoisotopic (exact) mass is 267 g/mol. The van der Waals surface area contributed by atoms with Crippen LogP contribution in [-0.4, -0.2) is 22.5 Å². The summed E-state index contributed by atoms with van der Waals surface area (Å²) in [5.74, 6) is 0.487. The second-order valence-electron chi connectivity index (χ2n) is 5.15. The minimum Gasteiger partial charge on any atom is -0.317 e. The summed E-state index contributed by atoms with van der Waals surface area (Å²) in [5.41, 5.74) is 1.97. The van der Waals surface area contributed by atoms with Crippen molar-refractivity contribution >= 4 is 11.7 Å². The molecule has 2 unspecified atom stereocenters. The molecule has 4 heteroatoms. The maximum Gasteiger partial charge on any atom is 0.322 e. The van der Waals surface area contributed by atoms with Crippen LogP contribution in [0.25, 0.3) is 0 Å². The van der Waals surface area contributed by atoms with Gasteiger partial charge in [-0.1, -0.05) is 37.3 Å². The van der Waals surface area contributed by atoms with E-state index in [0.717, 1.165) is 12.2 Å². The Hall–Kier alpha value is -2.36. The SMILES string of the molecule is CC1CN(C(=O)Nc2ccncc2)C1c1ccccc1. The fourth-order valence-corrected chi connectivity index (χ4v) is 2.69. The summed E-state index contributed by atoms with van der Waals surface area (Å²) in [6.07, 6.45) is 3.34. The first-order valence-corrected chi connectivity index (χ1v) is 6.78. The molecule has 1 saturated heterocycles. The van der Waals surface area contributed by atoms with E-state index in [0.29, 0.717) is 5.92 Å². The number of anilines is 1. The van der Waals surface area contributed by atoms with E-state index in [1.54, 1.807) is 24.5 Å². The molecule has 0 radical (unpaired) electrons. The van der Waals surface area contributed by atoms with E-state index < -0.39 is 0 Å². The third-order valence-corrected chi connectivity index (χ3v) is 3.69. The molecule has 1 fully saturated rings. The van der Waals surface area contributed by atoms with Crippen LogP contribution in [0.2, 0.25) is 0 Å². The van der Waals surface area contributed by atoms with Crippen molar-refractivity contribution in [1.82, 2.24) is 9.88 Å². The van der Waals surface area contributed by atoms with Crippen molar-refractivity contribution in [3.05, 3.63) is 60.4 Å². The largest absolute Gasteiger partial charge is 0.322 e. The van der Waals surface area contributed by atoms with Gasteiger partial charge in [-0.25, -0.2) is 4.79 Å². The number of urea groups is 1. The molecule has 0 aliphatic carbocycles. The van der Waals surface area contributed by atoms with Crippen molar-refractivity contribution in [2.45, 2.75) is 13.0 Å². The predicted molar refractivity (Wildman–Crippen MR) is 78.3 cm³/mol. The normalized spacial score (nSPS) is 21.1. The van der Waals surface area contributed by atoms with Gasteiger partial charge in [0.2, 0.25) is 0 Å². The highest BCUT2D eigenvalue weighted by Gasteiger charge is 2.39. The van der Waals surface area contributed by atoms with Crippen molar-refractivity contribution < 1.29 is 4.79 Å². The number of likely N-dealkylation sites (tertiary alicyclic amines) is 1. The van der Waals surface area contributed by atoms with Crippen LogP contribution in [0.4, 0.5) is 10.5 Å². The molecule has 0 bridgehead atoms. The molecule has 20 heavy (non-hydrogen) atoms. The van der Waals surface area contributed by atoms with Crippen LogP contribution in [0.1, 0.15) is 18.5 Å². The molecule has 0 saturated carbocycles. The molecule has 102 valence electrons. The summed E-state index contributed by atoms with van der Waals surface area (Å²) in [4.78, 5) is 18.1. The third-order valence-electron chi connectivity index (χ3n) is 3.69. The second-order valence-corrected chi connectivity index (χ2v) is 5.15. The molecule has 3 rings (SSSR count). The highest BCUT2D eigenvalue weighted by Crippen LogP contribution is 2.38. The Morgan fingerprint density at radius 3 is 2.55 bits per heavy atom. The predicted octanol–water partition coefficient (Wildman–Crippen LogP) is 3.31. The summed E-state index contributed by atoms with van der Waals surface area (Å²) in [6, 6.07) is 13.9. The van der Waals surface area contributed by atoms with Gasteiger partial charge in [-0.15, -0.1) is 0 Å². The van der Waals surface area contributed by atoms with Gasteiger partial charge in [-0.05, 0) is 23.6 Å². The Morgan fingerprint density at radius 2 is 1.90 bits per heavy atom. The number of amides is 2. The summed E-state index contributed by atoms with van der Waals surface area (Å²) in [6.45, 7) is 2.96. The zero-order chi connectivity index (χ0) is 13.9.